The highest BCUT2D eigenvalue weighted by Gasteiger charge is 2.40. The van der Waals surface area contributed by atoms with E-state index in [1.807, 2.05) is 25.5 Å². The number of aliphatic hydroxyl groups is 1. The third-order valence-corrected chi connectivity index (χ3v) is 5.28. The Labute approximate surface area is 168 Å². The maximum Gasteiger partial charge on any atom is 0.494 e. The van der Waals surface area contributed by atoms with Crippen LogP contribution in [0.3, 0.4) is 0 Å². The first-order valence-electron chi connectivity index (χ1n) is 9.80. The average Bonchev–Trinajstić information content (AvgIpc) is 3.02. The van der Waals surface area contributed by atoms with Crippen LogP contribution in [-0.2, 0) is 9.39 Å². The Hall–Kier alpha value is -1.58. The zero-order valence-electron chi connectivity index (χ0n) is 18.1. The Morgan fingerprint density at radius 1 is 1.18 bits per heavy atom. The molecule has 1 fully saturated rings. The van der Waals surface area contributed by atoms with Gasteiger partial charge in [0.15, 0.2) is 0 Å². The van der Waals surface area contributed by atoms with Crippen LogP contribution < -0.4 is 5.46 Å². The summed E-state index contributed by atoms with van der Waals surface area (Å²) in [6.07, 6.45) is 4.56. The van der Waals surface area contributed by atoms with E-state index in [2.05, 4.69) is 5.10 Å². The van der Waals surface area contributed by atoms with Gasteiger partial charge in [0.1, 0.15) is 5.60 Å². The van der Waals surface area contributed by atoms with Gasteiger partial charge in [0.2, 0.25) is 0 Å². The molecule has 2 N–H and O–H groups in total. The summed E-state index contributed by atoms with van der Waals surface area (Å²) in [6, 6.07) is 0.141. The molecule has 0 aromatic carbocycles. The van der Waals surface area contributed by atoms with Gasteiger partial charge in [-0.25, -0.2) is 4.79 Å². The van der Waals surface area contributed by atoms with Crippen LogP contribution in [0.5, 0.6) is 0 Å². The first-order chi connectivity index (χ1) is 12.7. The minimum atomic E-state index is -1.18. The lowest BCUT2D eigenvalue weighted by atomic mass is 9.78. The van der Waals surface area contributed by atoms with Crippen LogP contribution in [0.2, 0.25) is 0 Å². The lowest BCUT2D eigenvalue weighted by Gasteiger charge is -2.38. The summed E-state index contributed by atoms with van der Waals surface area (Å²) in [5.74, 6) is 0. The molecule has 1 aromatic rings. The van der Waals surface area contributed by atoms with Gasteiger partial charge in [-0.15, -0.1) is 0 Å². The molecule has 2 heterocycles. The Balaban J connectivity index is 1.94. The first-order valence-corrected chi connectivity index (χ1v) is 9.80. The normalized spacial score (nSPS) is 17.0. The minimum absolute atomic E-state index is 0.141. The number of carbonyl (C=O) groups excluding carboxylic acids is 1. The summed E-state index contributed by atoms with van der Waals surface area (Å²) in [6.45, 7) is 13.5. The lowest BCUT2D eigenvalue weighted by molar-refractivity contribution is -0.0982. The zero-order valence-corrected chi connectivity index (χ0v) is 18.1. The van der Waals surface area contributed by atoms with Crippen molar-refractivity contribution in [1.82, 2.24) is 14.7 Å². The maximum absolute atomic E-state index is 12.2. The predicted molar refractivity (Wildman–Crippen MR) is 107 cm³/mol. The molecule has 9 heteroatoms. The zero-order chi connectivity index (χ0) is 21.3. The molecule has 1 aromatic heterocycles. The van der Waals surface area contributed by atoms with Gasteiger partial charge >= 0.3 is 13.2 Å². The van der Waals surface area contributed by atoms with Gasteiger partial charge in [0, 0.05) is 30.9 Å². The van der Waals surface area contributed by atoms with Crippen molar-refractivity contribution in [1.29, 1.82) is 0 Å². The molecule has 158 valence electrons. The molecule has 0 bridgehead atoms. The van der Waals surface area contributed by atoms with Gasteiger partial charge in [0.05, 0.1) is 17.2 Å². The summed E-state index contributed by atoms with van der Waals surface area (Å²) >= 11 is 0. The number of likely N-dealkylation sites (tertiary alicyclic amines) is 1. The van der Waals surface area contributed by atoms with Gasteiger partial charge in [-0.1, -0.05) is 0 Å². The van der Waals surface area contributed by atoms with Crippen molar-refractivity contribution in [2.24, 2.45) is 0 Å². The molecule has 0 spiro atoms. The van der Waals surface area contributed by atoms with Crippen molar-refractivity contribution in [3.8, 4) is 0 Å². The van der Waals surface area contributed by atoms with E-state index in [1.54, 1.807) is 45.0 Å². The van der Waals surface area contributed by atoms with Gasteiger partial charge in [-0.3, -0.25) is 4.68 Å². The molecule has 28 heavy (non-hydrogen) atoms. The van der Waals surface area contributed by atoms with Crippen molar-refractivity contribution < 1.29 is 24.3 Å². The molecular weight excluding hydrogens is 361 g/mol. The Kier molecular flexibility index (Phi) is 6.52. The molecule has 1 amide bonds. The number of ether oxygens (including phenoxy) is 1. The molecule has 0 atom stereocenters. The highest BCUT2D eigenvalue weighted by molar-refractivity contribution is 6.59. The second kappa shape index (κ2) is 8.04. The largest absolute Gasteiger partial charge is 0.494 e. The van der Waals surface area contributed by atoms with Crippen LogP contribution in [0.15, 0.2) is 12.4 Å². The number of piperidine rings is 1. The smallest absolute Gasteiger partial charge is 0.444 e. The molecule has 0 aliphatic carbocycles. The summed E-state index contributed by atoms with van der Waals surface area (Å²) < 4.78 is 12.9. The summed E-state index contributed by atoms with van der Waals surface area (Å²) in [4.78, 5) is 13.9. The van der Waals surface area contributed by atoms with E-state index in [-0.39, 0.29) is 12.1 Å². The van der Waals surface area contributed by atoms with Crippen LogP contribution in [-0.4, -0.2) is 67.9 Å². The fourth-order valence-corrected chi connectivity index (χ4v) is 2.81. The summed E-state index contributed by atoms with van der Waals surface area (Å²) in [7, 11) is -1.18. The minimum Gasteiger partial charge on any atom is -0.444 e. The molecular formula is C19H34BN3O5. The van der Waals surface area contributed by atoms with Crippen LogP contribution >= 0.6 is 0 Å². The van der Waals surface area contributed by atoms with E-state index >= 15 is 0 Å². The van der Waals surface area contributed by atoms with E-state index in [9.17, 15) is 14.9 Å². The van der Waals surface area contributed by atoms with E-state index in [1.165, 1.54) is 0 Å². The van der Waals surface area contributed by atoms with Gasteiger partial charge < -0.3 is 24.4 Å². The number of amides is 1. The fraction of sp³-hybridized carbons (Fsp3) is 0.789. The molecule has 1 aliphatic heterocycles. The second-order valence-corrected chi connectivity index (χ2v) is 9.49. The van der Waals surface area contributed by atoms with Crippen molar-refractivity contribution >= 4 is 18.7 Å². The third-order valence-electron chi connectivity index (χ3n) is 5.28. The Morgan fingerprint density at radius 2 is 1.75 bits per heavy atom. The molecule has 0 unspecified atom stereocenters. The van der Waals surface area contributed by atoms with E-state index in [0.717, 1.165) is 12.8 Å². The SMILES string of the molecule is CC(C)(C)OC(=O)N1CCC(n2cc(B(O)OC(C)(C)C(C)(C)O)cn2)CC1. The monoisotopic (exact) mass is 395 g/mol. The van der Waals surface area contributed by atoms with Crippen LogP contribution in [0.25, 0.3) is 0 Å². The number of hydrogen-bond donors (Lipinski definition) is 2. The number of rotatable bonds is 5. The molecule has 2 rings (SSSR count). The molecule has 1 saturated heterocycles. The number of aromatic nitrogens is 2. The topological polar surface area (TPSA) is 97.1 Å². The molecule has 1 aliphatic rings. The highest BCUT2D eigenvalue weighted by Crippen LogP contribution is 2.26. The number of carbonyl (C=O) groups is 1. The van der Waals surface area contributed by atoms with Crippen LogP contribution in [0.4, 0.5) is 4.79 Å². The summed E-state index contributed by atoms with van der Waals surface area (Å²) in [5, 5.41) is 25.0. The Bertz CT molecular complexity index is 670. The molecule has 8 nitrogen and oxygen atoms in total. The van der Waals surface area contributed by atoms with Crippen LogP contribution in [0.1, 0.15) is 67.3 Å². The van der Waals surface area contributed by atoms with E-state index in [4.69, 9.17) is 9.39 Å². The second-order valence-electron chi connectivity index (χ2n) is 9.49. The number of hydrogen-bond acceptors (Lipinski definition) is 6. The van der Waals surface area contributed by atoms with Crippen molar-refractivity contribution in [3.63, 3.8) is 0 Å². The van der Waals surface area contributed by atoms with Crippen molar-refractivity contribution in [2.75, 3.05) is 13.1 Å². The molecule has 0 saturated carbocycles. The summed E-state index contributed by atoms with van der Waals surface area (Å²) in [5.41, 5.74) is -2.02. The van der Waals surface area contributed by atoms with Gasteiger partial charge in [-0.05, 0) is 61.3 Å². The maximum atomic E-state index is 12.2. The fourth-order valence-electron chi connectivity index (χ4n) is 2.81. The van der Waals surface area contributed by atoms with Crippen molar-refractivity contribution in [2.45, 2.75) is 84.2 Å². The van der Waals surface area contributed by atoms with Gasteiger partial charge in [0.25, 0.3) is 0 Å². The van der Waals surface area contributed by atoms with Gasteiger partial charge in [-0.2, -0.15) is 5.10 Å². The highest BCUT2D eigenvalue weighted by atomic mass is 16.6. The predicted octanol–water partition coefficient (Wildman–Crippen LogP) is 1.71. The van der Waals surface area contributed by atoms with E-state index < -0.39 is 23.9 Å². The van der Waals surface area contributed by atoms with Crippen molar-refractivity contribution in [3.05, 3.63) is 12.4 Å². The van der Waals surface area contributed by atoms with Crippen LogP contribution in [0, 0.1) is 0 Å². The molecule has 0 radical (unpaired) electrons. The third kappa shape index (κ3) is 5.72. The first kappa shape index (κ1) is 22.7. The average molecular weight is 395 g/mol. The lowest BCUT2D eigenvalue weighted by Crippen LogP contribution is -2.53. The Morgan fingerprint density at radius 3 is 2.25 bits per heavy atom. The number of nitrogens with zero attached hydrogens (tertiary/aromatic N) is 3. The standard InChI is InChI=1S/C19H34BN3O5/c1-17(2,3)27-16(24)22-10-8-15(9-11-22)23-13-14(12-21-23)20(26)28-19(6,7)18(4,5)25/h12-13,15,25-26H,8-11H2,1-7H3. The van der Waals surface area contributed by atoms with E-state index in [0.29, 0.717) is 18.6 Å². The quantitative estimate of drug-likeness (QED) is 0.737.